The first-order chi connectivity index (χ1) is 8.59. The summed E-state index contributed by atoms with van der Waals surface area (Å²) in [4.78, 5) is 13.1. The third kappa shape index (κ3) is 2.93. The van der Waals surface area contributed by atoms with Crippen LogP contribution < -0.4 is 11.1 Å². The molecule has 0 saturated heterocycles. The van der Waals surface area contributed by atoms with Gasteiger partial charge in [-0.1, -0.05) is 6.07 Å². The van der Waals surface area contributed by atoms with Gasteiger partial charge in [0.2, 0.25) is 0 Å². The molecule has 2 rings (SSSR count). The van der Waals surface area contributed by atoms with Crippen molar-refractivity contribution in [3.05, 3.63) is 49.0 Å². The largest absolute Gasteiger partial charge is 0.398 e. The van der Waals surface area contributed by atoms with Crippen molar-refractivity contribution >= 4 is 54.8 Å². The Hall–Kier alpha value is -0.850. The van der Waals surface area contributed by atoms with Crippen LogP contribution in [0, 0.1) is 0 Å². The van der Waals surface area contributed by atoms with Crippen molar-refractivity contribution in [2.45, 2.75) is 6.54 Å². The molecule has 0 saturated carbocycles. The Kier molecular flexibility index (Phi) is 4.42. The zero-order chi connectivity index (χ0) is 13.1. The average molecular weight is 390 g/mol. The van der Waals surface area contributed by atoms with Crippen molar-refractivity contribution in [2.24, 2.45) is 0 Å². The van der Waals surface area contributed by atoms with Crippen LogP contribution in [0.15, 0.2) is 38.6 Å². The van der Waals surface area contributed by atoms with E-state index in [-0.39, 0.29) is 5.91 Å². The molecule has 6 heteroatoms. The molecule has 1 aromatic heterocycles. The average Bonchev–Trinajstić information content (AvgIpc) is 2.75. The van der Waals surface area contributed by atoms with Gasteiger partial charge < -0.3 is 11.1 Å². The predicted octanol–water partition coefficient (Wildman–Crippen LogP) is 3.79. The van der Waals surface area contributed by atoms with Crippen LogP contribution in [-0.2, 0) is 6.54 Å². The molecule has 18 heavy (non-hydrogen) atoms. The molecule has 3 nitrogen and oxygen atoms in total. The van der Waals surface area contributed by atoms with Gasteiger partial charge in [-0.05, 0) is 55.4 Å². The predicted molar refractivity (Wildman–Crippen MR) is 81.7 cm³/mol. The van der Waals surface area contributed by atoms with Crippen molar-refractivity contribution in [3.63, 3.8) is 0 Å². The van der Waals surface area contributed by atoms with Gasteiger partial charge in [-0.3, -0.25) is 4.79 Å². The third-order valence-electron chi connectivity index (χ3n) is 2.37. The van der Waals surface area contributed by atoms with E-state index in [0.29, 0.717) is 22.3 Å². The molecule has 0 fully saturated rings. The highest BCUT2D eigenvalue weighted by Crippen LogP contribution is 2.25. The quantitative estimate of drug-likeness (QED) is 0.784. The molecule has 2 aromatic rings. The Balaban J connectivity index is 2.09. The summed E-state index contributed by atoms with van der Waals surface area (Å²) in [6.45, 7) is 0.498. The molecule has 0 bridgehead atoms. The first-order valence-electron chi connectivity index (χ1n) is 5.13. The van der Waals surface area contributed by atoms with Gasteiger partial charge in [0.15, 0.2) is 0 Å². The number of carbonyl (C=O) groups excluding carboxylic acids is 1. The van der Waals surface area contributed by atoms with Crippen molar-refractivity contribution in [3.8, 4) is 0 Å². The molecule has 1 heterocycles. The summed E-state index contributed by atoms with van der Waals surface area (Å²) in [6.07, 6.45) is 0. The van der Waals surface area contributed by atoms with E-state index in [1.807, 2.05) is 11.4 Å². The number of benzene rings is 1. The summed E-state index contributed by atoms with van der Waals surface area (Å²) in [5.41, 5.74) is 6.84. The molecule has 1 amide bonds. The Bertz CT molecular complexity index is 583. The van der Waals surface area contributed by atoms with Gasteiger partial charge in [0.25, 0.3) is 5.91 Å². The lowest BCUT2D eigenvalue weighted by molar-refractivity contribution is 0.0950. The lowest BCUT2D eigenvalue weighted by Crippen LogP contribution is -2.23. The number of hydrogen-bond acceptors (Lipinski definition) is 3. The van der Waals surface area contributed by atoms with Gasteiger partial charge in [-0.2, -0.15) is 0 Å². The number of halogens is 2. The van der Waals surface area contributed by atoms with Crippen molar-refractivity contribution in [2.75, 3.05) is 5.73 Å². The summed E-state index contributed by atoms with van der Waals surface area (Å²) in [5, 5.41) is 4.84. The zero-order valence-corrected chi connectivity index (χ0v) is 13.2. The molecule has 1 aromatic carbocycles. The smallest absolute Gasteiger partial charge is 0.252 e. The van der Waals surface area contributed by atoms with Crippen LogP contribution >= 0.6 is 43.2 Å². The van der Waals surface area contributed by atoms with E-state index in [0.717, 1.165) is 9.35 Å². The normalized spacial score (nSPS) is 10.3. The first kappa shape index (κ1) is 13.6. The minimum atomic E-state index is -0.144. The Morgan fingerprint density at radius 2 is 2.11 bits per heavy atom. The van der Waals surface area contributed by atoms with E-state index in [1.165, 1.54) is 0 Å². The second kappa shape index (κ2) is 5.86. The molecule has 0 radical (unpaired) electrons. The van der Waals surface area contributed by atoms with Crippen LogP contribution in [0.1, 0.15) is 15.2 Å². The van der Waals surface area contributed by atoms with Gasteiger partial charge in [-0.25, -0.2) is 0 Å². The summed E-state index contributed by atoms with van der Waals surface area (Å²) in [7, 11) is 0. The van der Waals surface area contributed by atoms with Crippen molar-refractivity contribution in [1.29, 1.82) is 0 Å². The number of carbonyl (C=O) groups is 1. The number of hydrogen-bond donors (Lipinski definition) is 2. The fourth-order valence-electron chi connectivity index (χ4n) is 1.43. The number of nitrogens with one attached hydrogen (secondary N) is 1. The number of nitrogen functional groups attached to an aromatic ring is 1. The van der Waals surface area contributed by atoms with Crippen molar-refractivity contribution < 1.29 is 4.79 Å². The monoisotopic (exact) mass is 388 g/mol. The number of nitrogens with two attached hydrogens (primary N) is 1. The van der Waals surface area contributed by atoms with Gasteiger partial charge in [0.05, 0.1) is 16.6 Å². The topological polar surface area (TPSA) is 55.1 Å². The fraction of sp³-hybridized carbons (Fsp3) is 0.0833. The molecule has 0 spiro atoms. The highest BCUT2D eigenvalue weighted by Gasteiger charge is 2.12. The van der Waals surface area contributed by atoms with E-state index < -0.39 is 0 Å². The Morgan fingerprint density at radius 3 is 2.78 bits per heavy atom. The highest BCUT2D eigenvalue weighted by molar-refractivity contribution is 9.11. The Morgan fingerprint density at radius 1 is 1.33 bits per heavy atom. The maximum absolute atomic E-state index is 12.0. The standard InChI is InChI=1S/C12H10Br2N2OS/c13-8-4-5-18-10(8)6-16-12(17)7-2-1-3-9(15)11(7)14/h1-5H,6,15H2,(H,16,17). The molecule has 0 aliphatic rings. The lowest BCUT2D eigenvalue weighted by Gasteiger charge is -2.07. The SMILES string of the molecule is Nc1cccc(C(=O)NCc2sccc2Br)c1Br. The number of rotatable bonds is 3. The molecule has 0 unspecified atom stereocenters. The second-order valence-corrected chi connectivity index (χ2v) is 6.23. The first-order valence-corrected chi connectivity index (χ1v) is 7.60. The van der Waals surface area contributed by atoms with E-state index >= 15 is 0 Å². The van der Waals surface area contributed by atoms with Crippen LogP contribution in [0.3, 0.4) is 0 Å². The van der Waals surface area contributed by atoms with Gasteiger partial charge in [-0.15, -0.1) is 11.3 Å². The van der Waals surface area contributed by atoms with Crippen LogP contribution in [0.5, 0.6) is 0 Å². The van der Waals surface area contributed by atoms with E-state index in [2.05, 4.69) is 37.2 Å². The molecular weight excluding hydrogens is 380 g/mol. The van der Waals surface area contributed by atoms with E-state index in [1.54, 1.807) is 29.5 Å². The minimum absolute atomic E-state index is 0.144. The van der Waals surface area contributed by atoms with Crippen LogP contribution in [0.4, 0.5) is 5.69 Å². The molecule has 0 atom stereocenters. The summed E-state index contributed by atoms with van der Waals surface area (Å²) in [5.74, 6) is -0.144. The summed E-state index contributed by atoms with van der Waals surface area (Å²) in [6, 6.07) is 7.20. The maximum atomic E-state index is 12.0. The van der Waals surface area contributed by atoms with E-state index in [9.17, 15) is 4.79 Å². The van der Waals surface area contributed by atoms with Crippen LogP contribution in [0.25, 0.3) is 0 Å². The molecule has 94 valence electrons. The van der Waals surface area contributed by atoms with E-state index in [4.69, 9.17) is 5.73 Å². The maximum Gasteiger partial charge on any atom is 0.252 e. The Labute approximate surface area is 126 Å². The van der Waals surface area contributed by atoms with Crippen LogP contribution in [-0.4, -0.2) is 5.91 Å². The highest BCUT2D eigenvalue weighted by atomic mass is 79.9. The summed E-state index contributed by atoms with van der Waals surface area (Å²) >= 11 is 8.35. The molecule has 0 aliphatic heterocycles. The lowest BCUT2D eigenvalue weighted by atomic mass is 10.2. The molecule has 0 aliphatic carbocycles. The zero-order valence-electron chi connectivity index (χ0n) is 9.24. The number of amides is 1. The second-order valence-electron chi connectivity index (χ2n) is 3.58. The number of thiophene rings is 1. The minimum Gasteiger partial charge on any atom is -0.398 e. The summed E-state index contributed by atoms with van der Waals surface area (Å²) < 4.78 is 1.65. The fourth-order valence-corrected chi connectivity index (χ4v) is 3.31. The van der Waals surface area contributed by atoms with Gasteiger partial charge in [0.1, 0.15) is 0 Å². The molecule has 3 N–H and O–H groups in total. The van der Waals surface area contributed by atoms with Crippen LogP contribution in [0.2, 0.25) is 0 Å². The van der Waals surface area contributed by atoms with Crippen molar-refractivity contribution in [1.82, 2.24) is 5.32 Å². The third-order valence-corrected chi connectivity index (χ3v) is 5.19. The number of anilines is 1. The van der Waals surface area contributed by atoms with Gasteiger partial charge in [0, 0.05) is 15.0 Å². The van der Waals surface area contributed by atoms with Gasteiger partial charge >= 0.3 is 0 Å². The molecular formula is C12H10Br2N2OS.